The van der Waals surface area contributed by atoms with Gasteiger partial charge in [-0.05, 0) is 42.0 Å². The van der Waals surface area contributed by atoms with E-state index in [1.54, 1.807) is 0 Å². The summed E-state index contributed by atoms with van der Waals surface area (Å²) < 4.78 is 1.13. The van der Waals surface area contributed by atoms with E-state index >= 15 is 0 Å². The van der Waals surface area contributed by atoms with Crippen molar-refractivity contribution in [2.45, 2.75) is 6.92 Å². The van der Waals surface area contributed by atoms with E-state index < -0.39 is 0 Å². The van der Waals surface area contributed by atoms with Crippen LogP contribution in [0.15, 0.2) is 40.9 Å². The minimum absolute atomic E-state index is 1.03. The molecular formula is C13H14BrN. The monoisotopic (exact) mass is 263 g/mol. The van der Waals surface area contributed by atoms with E-state index in [1.165, 1.54) is 16.5 Å². The van der Waals surface area contributed by atoms with Gasteiger partial charge in [0.25, 0.3) is 0 Å². The Morgan fingerprint density at radius 2 is 1.73 bits per heavy atom. The first-order chi connectivity index (χ1) is 7.20. The lowest BCUT2D eigenvalue weighted by molar-refractivity contribution is 0.970. The average molecular weight is 264 g/mol. The van der Waals surface area contributed by atoms with Crippen molar-refractivity contribution in [3.05, 3.63) is 40.9 Å². The van der Waals surface area contributed by atoms with Crippen molar-refractivity contribution in [2.24, 2.45) is 0 Å². The molecule has 2 aromatic rings. The van der Waals surface area contributed by atoms with Gasteiger partial charge in [0.15, 0.2) is 0 Å². The van der Waals surface area contributed by atoms with Gasteiger partial charge in [0.05, 0.1) is 0 Å². The number of hydrogen-bond acceptors (Lipinski definition) is 1. The van der Waals surface area contributed by atoms with E-state index in [9.17, 15) is 0 Å². The maximum absolute atomic E-state index is 3.48. The van der Waals surface area contributed by atoms with E-state index in [-0.39, 0.29) is 0 Å². The fourth-order valence-electron chi connectivity index (χ4n) is 1.62. The zero-order chi connectivity index (χ0) is 10.8. The molecule has 0 N–H and O–H groups in total. The molecule has 15 heavy (non-hydrogen) atoms. The molecule has 0 spiro atoms. The highest BCUT2D eigenvalue weighted by molar-refractivity contribution is 9.10. The van der Waals surface area contributed by atoms with Crippen LogP contribution in [0.1, 0.15) is 6.92 Å². The van der Waals surface area contributed by atoms with Crippen molar-refractivity contribution in [1.82, 2.24) is 0 Å². The molecule has 2 aromatic carbocycles. The second-order valence-electron chi connectivity index (χ2n) is 3.69. The molecule has 0 saturated heterocycles. The zero-order valence-corrected chi connectivity index (χ0v) is 10.6. The summed E-state index contributed by atoms with van der Waals surface area (Å²) in [5.41, 5.74) is 1.27. The minimum atomic E-state index is 1.03. The molecule has 0 unspecified atom stereocenters. The minimum Gasteiger partial charge on any atom is -0.375 e. The molecular weight excluding hydrogens is 250 g/mol. The van der Waals surface area contributed by atoms with Gasteiger partial charge in [-0.1, -0.05) is 28.1 Å². The first-order valence-corrected chi connectivity index (χ1v) is 5.90. The highest BCUT2D eigenvalue weighted by atomic mass is 79.9. The molecule has 78 valence electrons. The van der Waals surface area contributed by atoms with Gasteiger partial charge in [-0.3, -0.25) is 0 Å². The largest absolute Gasteiger partial charge is 0.375 e. The second-order valence-corrected chi connectivity index (χ2v) is 4.61. The normalized spacial score (nSPS) is 10.6. The average Bonchev–Trinajstić information content (AvgIpc) is 2.27. The van der Waals surface area contributed by atoms with E-state index in [2.05, 4.69) is 71.2 Å². The van der Waals surface area contributed by atoms with Crippen LogP contribution in [0.25, 0.3) is 10.8 Å². The standard InChI is InChI=1S/C13H14BrN/c1-3-15(2)13-7-5-10-8-12(14)6-4-11(10)9-13/h4-9H,3H2,1-2H3. The Morgan fingerprint density at radius 3 is 2.47 bits per heavy atom. The summed E-state index contributed by atoms with van der Waals surface area (Å²) in [5.74, 6) is 0. The number of hydrogen-bond donors (Lipinski definition) is 0. The Kier molecular flexibility index (Phi) is 2.96. The molecule has 0 atom stereocenters. The number of benzene rings is 2. The van der Waals surface area contributed by atoms with Gasteiger partial charge < -0.3 is 4.90 Å². The highest BCUT2D eigenvalue weighted by Gasteiger charge is 2.00. The molecule has 0 bridgehead atoms. The van der Waals surface area contributed by atoms with Crippen LogP contribution in [0.4, 0.5) is 5.69 Å². The summed E-state index contributed by atoms with van der Waals surface area (Å²) >= 11 is 3.48. The summed E-state index contributed by atoms with van der Waals surface area (Å²) in [6.07, 6.45) is 0. The molecule has 0 aliphatic carbocycles. The van der Waals surface area contributed by atoms with E-state index in [0.717, 1.165) is 11.0 Å². The Balaban J connectivity index is 2.52. The van der Waals surface area contributed by atoms with Crippen LogP contribution >= 0.6 is 15.9 Å². The van der Waals surface area contributed by atoms with Crippen LogP contribution in [0.5, 0.6) is 0 Å². The number of halogens is 1. The number of fused-ring (bicyclic) bond motifs is 1. The highest BCUT2D eigenvalue weighted by Crippen LogP contribution is 2.24. The third-order valence-electron chi connectivity index (χ3n) is 2.70. The van der Waals surface area contributed by atoms with Crippen LogP contribution in [0, 0.1) is 0 Å². The predicted octanol–water partition coefficient (Wildman–Crippen LogP) is 4.06. The van der Waals surface area contributed by atoms with Crippen molar-refractivity contribution in [2.75, 3.05) is 18.5 Å². The number of anilines is 1. The van der Waals surface area contributed by atoms with Crippen molar-refractivity contribution in [1.29, 1.82) is 0 Å². The summed E-state index contributed by atoms with van der Waals surface area (Å²) in [7, 11) is 2.11. The van der Waals surface area contributed by atoms with Gasteiger partial charge in [-0.25, -0.2) is 0 Å². The van der Waals surface area contributed by atoms with E-state index in [4.69, 9.17) is 0 Å². The number of nitrogens with zero attached hydrogens (tertiary/aromatic N) is 1. The molecule has 0 aliphatic heterocycles. The van der Waals surface area contributed by atoms with Gasteiger partial charge in [0.2, 0.25) is 0 Å². The van der Waals surface area contributed by atoms with Gasteiger partial charge in [-0.2, -0.15) is 0 Å². The summed E-state index contributed by atoms with van der Waals surface area (Å²) in [4.78, 5) is 2.24. The van der Waals surface area contributed by atoms with Crippen LogP contribution in [-0.4, -0.2) is 13.6 Å². The second kappa shape index (κ2) is 4.23. The van der Waals surface area contributed by atoms with E-state index in [1.807, 2.05) is 0 Å². The van der Waals surface area contributed by atoms with Crippen molar-refractivity contribution in [3.8, 4) is 0 Å². The predicted molar refractivity (Wildman–Crippen MR) is 70.6 cm³/mol. The van der Waals surface area contributed by atoms with Gasteiger partial charge in [0, 0.05) is 23.8 Å². The molecule has 1 nitrogen and oxygen atoms in total. The Morgan fingerprint density at radius 1 is 1.07 bits per heavy atom. The third-order valence-corrected chi connectivity index (χ3v) is 3.19. The van der Waals surface area contributed by atoms with Crippen molar-refractivity contribution >= 4 is 32.4 Å². The molecule has 0 radical (unpaired) electrons. The molecule has 0 aliphatic rings. The maximum atomic E-state index is 3.48. The van der Waals surface area contributed by atoms with Crippen molar-refractivity contribution in [3.63, 3.8) is 0 Å². The molecule has 2 heteroatoms. The fourth-order valence-corrected chi connectivity index (χ4v) is 2.00. The topological polar surface area (TPSA) is 3.24 Å². The Hall–Kier alpha value is -1.02. The Bertz CT molecular complexity index is 479. The summed E-state index contributed by atoms with van der Waals surface area (Å²) in [6.45, 7) is 3.19. The molecule has 0 amide bonds. The SMILES string of the molecule is CCN(C)c1ccc2cc(Br)ccc2c1. The van der Waals surface area contributed by atoms with Gasteiger partial charge in [-0.15, -0.1) is 0 Å². The van der Waals surface area contributed by atoms with Crippen LogP contribution in [0.3, 0.4) is 0 Å². The number of rotatable bonds is 2. The quantitative estimate of drug-likeness (QED) is 0.790. The Labute approximate surface area is 98.8 Å². The third kappa shape index (κ3) is 2.15. The molecule has 0 heterocycles. The molecule has 0 aromatic heterocycles. The summed E-state index contributed by atoms with van der Waals surface area (Å²) in [5, 5.41) is 2.56. The smallest absolute Gasteiger partial charge is 0.0369 e. The summed E-state index contributed by atoms with van der Waals surface area (Å²) in [6, 6.07) is 12.9. The van der Waals surface area contributed by atoms with Crippen LogP contribution in [-0.2, 0) is 0 Å². The lowest BCUT2D eigenvalue weighted by Crippen LogP contribution is -2.15. The first kappa shape index (κ1) is 10.5. The molecule has 2 rings (SSSR count). The van der Waals surface area contributed by atoms with Gasteiger partial charge >= 0.3 is 0 Å². The molecule has 0 fully saturated rings. The van der Waals surface area contributed by atoms with Crippen molar-refractivity contribution < 1.29 is 0 Å². The molecule has 0 saturated carbocycles. The maximum Gasteiger partial charge on any atom is 0.0369 e. The van der Waals surface area contributed by atoms with E-state index in [0.29, 0.717) is 0 Å². The van der Waals surface area contributed by atoms with Crippen LogP contribution in [0.2, 0.25) is 0 Å². The first-order valence-electron chi connectivity index (χ1n) is 5.11. The zero-order valence-electron chi connectivity index (χ0n) is 9.00. The van der Waals surface area contributed by atoms with Gasteiger partial charge in [0.1, 0.15) is 0 Å². The lowest BCUT2D eigenvalue weighted by atomic mass is 10.1. The lowest BCUT2D eigenvalue weighted by Gasteiger charge is -2.17. The van der Waals surface area contributed by atoms with Crippen LogP contribution < -0.4 is 4.90 Å². The fraction of sp³-hybridized carbons (Fsp3) is 0.231.